The number of hydrogen-bond donors (Lipinski definition) is 1. The monoisotopic (exact) mass is 283 g/mol. The van der Waals surface area contributed by atoms with E-state index >= 15 is 0 Å². The second-order valence-corrected chi connectivity index (χ2v) is 4.88. The van der Waals surface area contributed by atoms with Crippen LogP contribution in [0.3, 0.4) is 0 Å². The molecule has 0 spiro atoms. The fourth-order valence-corrected chi connectivity index (χ4v) is 2.27. The Morgan fingerprint density at radius 1 is 1.50 bits per heavy atom. The maximum atomic E-state index is 13.2. The Balaban J connectivity index is 2.00. The summed E-state index contributed by atoms with van der Waals surface area (Å²) in [6, 6.07) is 3.41. The molecule has 1 aliphatic heterocycles. The van der Waals surface area contributed by atoms with Crippen LogP contribution in [0.25, 0.3) is 0 Å². The van der Waals surface area contributed by atoms with E-state index in [9.17, 15) is 14.5 Å². The third kappa shape index (κ3) is 3.88. The van der Waals surface area contributed by atoms with Crippen molar-refractivity contribution < 1.29 is 14.1 Å². The van der Waals surface area contributed by atoms with Crippen molar-refractivity contribution in [2.24, 2.45) is 0 Å². The number of nitro benzene ring substituents is 1. The summed E-state index contributed by atoms with van der Waals surface area (Å²) in [7, 11) is 0. The predicted octanol–water partition coefficient (Wildman–Crippen LogP) is 1.87. The van der Waals surface area contributed by atoms with Crippen LogP contribution in [0, 0.1) is 15.9 Å². The number of benzene rings is 1. The first-order valence-electron chi connectivity index (χ1n) is 6.57. The molecule has 1 aromatic rings. The number of nitrogens with zero attached hydrogens (tertiary/aromatic N) is 2. The fourth-order valence-electron chi connectivity index (χ4n) is 2.27. The lowest BCUT2D eigenvalue weighted by molar-refractivity contribution is -0.384. The average molecular weight is 283 g/mol. The lowest BCUT2D eigenvalue weighted by Crippen LogP contribution is -2.42. The van der Waals surface area contributed by atoms with E-state index in [1.165, 1.54) is 6.07 Å². The zero-order valence-electron chi connectivity index (χ0n) is 11.3. The van der Waals surface area contributed by atoms with Crippen LogP contribution in [0.4, 0.5) is 15.8 Å². The Bertz CT molecular complexity index is 478. The van der Waals surface area contributed by atoms with Gasteiger partial charge in [-0.25, -0.2) is 4.39 Å². The number of morpholine rings is 1. The van der Waals surface area contributed by atoms with E-state index in [0.717, 1.165) is 31.8 Å². The first-order chi connectivity index (χ1) is 9.56. The van der Waals surface area contributed by atoms with Crippen molar-refractivity contribution in [2.45, 2.75) is 13.0 Å². The van der Waals surface area contributed by atoms with Gasteiger partial charge in [0, 0.05) is 37.8 Å². The Kier molecular flexibility index (Phi) is 4.86. The SMILES string of the molecule is CC(CN1CCOCC1)Nc1cc(F)ccc1[N+](=O)[O-]. The van der Waals surface area contributed by atoms with Gasteiger partial charge in [-0.2, -0.15) is 0 Å². The molecule has 1 saturated heterocycles. The number of anilines is 1. The molecule has 1 unspecified atom stereocenters. The smallest absolute Gasteiger partial charge is 0.292 e. The topological polar surface area (TPSA) is 67.6 Å². The molecule has 1 atom stereocenters. The summed E-state index contributed by atoms with van der Waals surface area (Å²) in [5.41, 5.74) is 0.107. The molecule has 110 valence electrons. The van der Waals surface area contributed by atoms with Gasteiger partial charge in [0.1, 0.15) is 11.5 Å². The first-order valence-corrected chi connectivity index (χ1v) is 6.57. The van der Waals surface area contributed by atoms with Crippen molar-refractivity contribution in [3.63, 3.8) is 0 Å². The molecule has 20 heavy (non-hydrogen) atoms. The molecule has 0 radical (unpaired) electrons. The molecule has 1 fully saturated rings. The molecule has 0 aliphatic carbocycles. The van der Waals surface area contributed by atoms with Crippen LogP contribution >= 0.6 is 0 Å². The summed E-state index contributed by atoms with van der Waals surface area (Å²) < 4.78 is 18.5. The standard InChI is InChI=1S/C13H18FN3O3/c1-10(9-16-4-6-20-7-5-16)15-12-8-11(14)2-3-13(12)17(18)19/h2-3,8,10,15H,4-7,9H2,1H3. The molecular formula is C13H18FN3O3. The van der Waals surface area contributed by atoms with Gasteiger partial charge >= 0.3 is 0 Å². The molecule has 1 N–H and O–H groups in total. The zero-order chi connectivity index (χ0) is 14.5. The molecule has 1 aromatic carbocycles. The van der Waals surface area contributed by atoms with Crippen LogP contribution in [0.5, 0.6) is 0 Å². The maximum Gasteiger partial charge on any atom is 0.292 e. The Morgan fingerprint density at radius 3 is 2.85 bits per heavy atom. The Labute approximate surface area is 116 Å². The van der Waals surface area contributed by atoms with E-state index < -0.39 is 10.7 Å². The van der Waals surface area contributed by atoms with Crippen LogP contribution in [-0.2, 0) is 4.74 Å². The number of hydrogen-bond acceptors (Lipinski definition) is 5. The highest BCUT2D eigenvalue weighted by Gasteiger charge is 2.18. The first kappa shape index (κ1) is 14.7. The van der Waals surface area contributed by atoms with Crippen molar-refractivity contribution in [1.29, 1.82) is 0 Å². The van der Waals surface area contributed by atoms with Crippen LogP contribution in [0.2, 0.25) is 0 Å². The predicted molar refractivity (Wildman–Crippen MR) is 73.4 cm³/mol. The van der Waals surface area contributed by atoms with Gasteiger partial charge in [-0.3, -0.25) is 15.0 Å². The molecule has 2 rings (SSSR count). The Morgan fingerprint density at radius 2 is 2.20 bits per heavy atom. The number of halogens is 1. The van der Waals surface area contributed by atoms with Gasteiger partial charge in [0.2, 0.25) is 0 Å². The van der Waals surface area contributed by atoms with E-state index in [0.29, 0.717) is 13.2 Å². The number of rotatable bonds is 5. The van der Waals surface area contributed by atoms with Crippen molar-refractivity contribution in [2.75, 3.05) is 38.2 Å². The summed E-state index contributed by atoms with van der Waals surface area (Å²) in [5, 5.41) is 13.9. The van der Waals surface area contributed by atoms with Crippen LogP contribution < -0.4 is 5.32 Å². The molecule has 1 aliphatic rings. The molecule has 7 heteroatoms. The molecule has 0 amide bonds. The second kappa shape index (κ2) is 6.62. The average Bonchev–Trinajstić information content (AvgIpc) is 2.39. The van der Waals surface area contributed by atoms with E-state index in [1.807, 2.05) is 6.92 Å². The van der Waals surface area contributed by atoms with Gasteiger partial charge in [-0.1, -0.05) is 0 Å². The van der Waals surface area contributed by atoms with E-state index in [1.54, 1.807) is 0 Å². The van der Waals surface area contributed by atoms with Gasteiger partial charge in [0.25, 0.3) is 5.69 Å². The maximum absolute atomic E-state index is 13.2. The molecule has 6 nitrogen and oxygen atoms in total. The third-order valence-electron chi connectivity index (χ3n) is 3.19. The summed E-state index contributed by atoms with van der Waals surface area (Å²) in [4.78, 5) is 12.6. The minimum atomic E-state index is -0.511. The number of nitro groups is 1. The van der Waals surface area contributed by atoms with Crippen LogP contribution in [-0.4, -0.2) is 48.7 Å². The summed E-state index contributed by atoms with van der Waals surface area (Å²) in [6.45, 7) is 5.75. The summed E-state index contributed by atoms with van der Waals surface area (Å²) in [5.74, 6) is -0.489. The lowest BCUT2D eigenvalue weighted by Gasteiger charge is -2.29. The lowest BCUT2D eigenvalue weighted by atomic mass is 10.2. The van der Waals surface area contributed by atoms with Crippen molar-refractivity contribution in [1.82, 2.24) is 4.90 Å². The van der Waals surface area contributed by atoms with Crippen LogP contribution in [0.15, 0.2) is 18.2 Å². The van der Waals surface area contributed by atoms with E-state index in [4.69, 9.17) is 4.74 Å². The van der Waals surface area contributed by atoms with E-state index in [2.05, 4.69) is 10.2 Å². The Hall–Kier alpha value is -1.73. The van der Waals surface area contributed by atoms with Crippen LogP contribution in [0.1, 0.15) is 6.92 Å². The number of ether oxygens (including phenoxy) is 1. The number of nitrogens with one attached hydrogen (secondary N) is 1. The van der Waals surface area contributed by atoms with Crippen molar-refractivity contribution >= 4 is 11.4 Å². The highest BCUT2D eigenvalue weighted by molar-refractivity contribution is 5.61. The second-order valence-electron chi connectivity index (χ2n) is 4.88. The molecule has 1 heterocycles. The minimum absolute atomic E-state index is 0.0198. The van der Waals surface area contributed by atoms with Gasteiger partial charge < -0.3 is 10.1 Å². The van der Waals surface area contributed by atoms with Crippen molar-refractivity contribution in [3.05, 3.63) is 34.1 Å². The zero-order valence-corrected chi connectivity index (χ0v) is 11.3. The molecular weight excluding hydrogens is 265 g/mol. The van der Waals surface area contributed by atoms with Gasteiger partial charge in [-0.05, 0) is 13.0 Å². The fraction of sp³-hybridized carbons (Fsp3) is 0.538. The third-order valence-corrected chi connectivity index (χ3v) is 3.19. The molecule has 0 bridgehead atoms. The quantitative estimate of drug-likeness (QED) is 0.660. The largest absolute Gasteiger partial charge is 0.379 e. The van der Waals surface area contributed by atoms with Gasteiger partial charge in [0.15, 0.2) is 0 Å². The summed E-state index contributed by atoms with van der Waals surface area (Å²) in [6.07, 6.45) is 0. The minimum Gasteiger partial charge on any atom is -0.379 e. The molecule has 0 saturated carbocycles. The highest BCUT2D eigenvalue weighted by atomic mass is 19.1. The normalized spacial score (nSPS) is 17.7. The highest BCUT2D eigenvalue weighted by Crippen LogP contribution is 2.25. The van der Waals surface area contributed by atoms with Crippen molar-refractivity contribution in [3.8, 4) is 0 Å². The van der Waals surface area contributed by atoms with E-state index in [-0.39, 0.29) is 17.4 Å². The van der Waals surface area contributed by atoms with Gasteiger partial charge in [0.05, 0.1) is 18.1 Å². The summed E-state index contributed by atoms with van der Waals surface area (Å²) >= 11 is 0. The van der Waals surface area contributed by atoms with Gasteiger partial charge in [-0.15, -0.1) is 0 Å². The molecule has 0 aromatic heterocycles.